The second kappa shape index (κ2) is 3.16. The van der Waals surface area contributed by atoms with Gasteiger partial charge in [-0.1, -0.05) is 12.1 Å². The molecule has 0 saturated carbocycles. The zero-order chi connectivity index (χ0) is 8.27. The molecule has 1 rings (SSSR count). The minimum Gasteiger partial charge on any atom is -0.392 e. The first-order valence-electron chi connectivity index (χ1n) is 3.23. The molecule has 0 radical (unpaired) electrons. The molecule has 0 fully saturated rings. The lowest BCUT2D eigenvalue weighted by Gasteiger charge is -1.96. The van der Waals surface area contributed by atoms with Gasteiger partial charge in [0.25, 0.3) is 0 Å². The number of carbonyl (C=O) groups excluding carboxylic acids is 1. The van der Waals surface area contributed by atoms with Crippen molar-refractivity contribution in [2.24, 2.45) is 5.73 Å². The monoisotopic (exact) mass is 151 g/mol. The fourth-order valence-corrected chi connectivity index (χ4v) is 0.774. The summed E-state index contributed by atoms with van der Waals surface area (Å²) in [7, 11) is 0. The number of aliphatic hydroxyl groups excluding tert-OH is 1. The molecular weight excluding hydrogens is 142 g/mol. The molecule has 58 valence electrons. The van der Waals surface area contributed by atoms with E-state index in [2.05, 4.69) is 0 Å². The van der Waals surface area contributed by atoms with Crippen LogP contribution in [-0.4, -0.2) is 11.0 Å². The van der Waals surface area contributed by atoms with Gasteiger partial charge in [-0.15, -0.1) is 0 Å². The molecule has 0 aromatic heterocycles. The third kappa shape index (κ3) is 1.78. The maximum atomic E-state index is 10.6. The van der Waals surface area contributed by atoms with Crippen molar-refractivity contribution >= 4 is 5.91 Å². The molecule has 0 heterocycles. The number of benzene rings is 1. The summed E-state index contributed by atoms with van der Waals surface area (Å²) in [5, 5.41) is 8.65. The fraction of sp³-hybridized carbons (Fsp3) is 0.125. The average Bonchev–Trinajstić information content (AvgIpc) is 2.05. The first-order chi connectivity index (χ1) is 5.24. The van der Waals surface area contributed by atoms with Gasteiger partial charge >= 0.3 is 0 Å². The van der Waals surface area contributed by atoms with Crippen molar-refractivity contribution in [2.45, 2.75) is 6.61 Å². The highest BCUT2D eigenvalue weighted by molar-refractivity contribution is 5.92. The van der Waals surface area contributed by atoms with E-state index < -0.39 is 5.91 Å². The van der Waals surface area contributed by atoms with Gasteiger partial charge in [0, 0.05) is 5.56 Å². The van der Waals surface area contributed by atoms with E-state index in [0.717, 1.165) is 5.56 Å². The molecule has 3 heteroatoms. The summed E-state index contributed by atoms with van der Waals surface area (Å²) < 4.78 is 0. The first-order valence-corrected chi connectivity index (χ1v) is 3.23. The SMILES string of the molecule is NC(=O)c1ccc(CO)cc1. The summed E-state index contributed by atoms with van der Waals surface area (Å²) >= 11 is 0. The molecule has 0 aliphatic carbocycles. The molecule has 0 atom stereocenters. The number of amides is 1. The van der Waals surface area contributed by atoms with Crippen molar-refractivity contribution in [3.05, 3.63) is 35.4 Å². The fourth-order valence-electron chi connectivity index (χ4n) is 0.774. The maximum Gasteiger partial charge on any atom is 0.248 e. The summed E-state index contributed by atoms with van der Waals surface area (Å²) in [4.78, 5) is 10.6. The van der Waals surface area contributed by atoms with Crippen LogP contribution in [0.2, 0.25) is 0 Å². The van der Waals surface area contributed by atoms with Crippen LogP contribution in [0.15, 0.2) is 24.3 Å². The molecule has 0 saturated heterocycles. The third-order valence-corrected chi connectivity index (χ3v) is 1.42. The number of rotatable bonds is 2. The number of aliphatic hydroxyl groups is 1. The van der Waals surface area contributed by atoms with Crippen LogP contribution in [0.1, 0.15) is 15.9 Å². The van der Waals surface area contributed by atoms with E-state index in [1.807, 2.05) is 0 Å². The van der Waals surface area contributed by atoms with Crippen LogP contribution < -0.4 is 5.73 Å². The molecule has 1 aromatic rings. The predicted octanol–water partition coefficient (Wildman–Crippen LogP) is 0.278. The van der Waals surface area contributed by atoms with E-state index in [4.69, 9.17) is 10.8 Å². The van der Waals surface area contributed by atoms with Crippen LogP contribution in [-0.2, 0) is 6.61 Å². The van der Waals surface area contributed by atoms with Crippen molar-refractivity contribution in [1.29, 1.82) is 0 Å². The predicted molar refractivity (Wildman–Crippen MR) is 40.9 cm³/mol. The Hall–Kier alpha value is -1.35. The number of nitrogens with two attached hydrogens (primary N) is 1. The van der Waals surface area contributed by atoms with Gasteiger partial charge in [-0.3, -0.25) is 4.79 Å². The van der Waals surface area contributed by atoms with Gasteiger partial charge in [-0.25, -0.2) is 0 Å². The Labute approximate surface area is 64.5 Å². The summed E-state index contributed by atoms with van der Waals surface area (Å²) in [5.41, 5.74) is 6.24. The first kappa shape index (κ1) is 7.75. The van der Waals surface area contributed by atoms with Crippen molar-refractivity contribution in [2.75, 3.05) is 0 Å². The standard InChI is InChI=1S/C8H9NO2/c9-8(11)7-3-1-6(5-10)2-4-7/h1-4,10H,5H2,(H2,9,11). The van der Waals surface area contributed by atoms with Gasteiger partial charge < -0.3 is 10.8 Å². The van der Waals surface area contributed by atoms with Gasteiger partial charge in [0.2, 0.25) is 5.91 Å². The lowest BCUT2D eigenvalue weighted by Crippen LogP contribution is -2.10. The van der Waals surface area contributed by atoms with Gasteiger partial charge in [-0.2, -0.15) is 0 Å². The zero-order valence-electron chi connectivity index (χ0n) is 5.95. The highest BCUT2D eigenvalue weighted by Crippen LogP contribution is 2.02. The molecule has 3 nitrogen and oxygen atoms in total. The van der Waals surface area contributed by atoms with Crippen LogP contribution in [0.3, 0.4) is 0 Å². The largest absolute Gasteiger partial charge is 0.392 e. The zero-order valence-corrected chi connectivity index (χ0v) is 5.95. The van der Waals surface area contributed by atoms with E-state index in [0.29, 0.717) is 5.56 Å². The summed E-state index contributed by atoms with van der Waals surface area (Å²) in [6.07, 6.45) is 0. The molecule has 1 amide bonds. The number of primary amides is 1. The average molecular weight is 151 g/mol. The Morgan fingerprint density at radius 1 is 1.36 bits per heavy atom. The topological polar surface area (TPSA) is 63.3 Å². The minimum absolute atomic E-state index is 0.0148. The number of carbonyl (C=O) groups is 1. The molecule has 0 spiro atoms. The molecule has 0 aliphatic rings. The van der Waals surface area contributed by atoms with E-state index in [1.54, 1.807) is 24.3 Å². The molecular formula is C8H9NO2. The van der Waals surface area contributed by atoms with Crippen molar-refractivity contribution < 1.29 is 9.90 Å². The van der Waals surface area contributed by atoms with E-state index >= 15 is 0 Å². The Balaban J connectivity index is 2.91. The quantitative estimate of drug-likeness (QED) is 0.637. The molecule has 0 aliphatic heterocycles. The summed E-state index contributed by atoms with van der Waals surface area (Å²) in [6, 6.07) is 6.52. The Bertz CT molecular complexity index is 253. The lowest BCUT2D eigenvalue weighted by molar-refractivity contribution is 0.1000. The van der Waals surface area contributed by atoms with Gasteiger partial charge in [-0.05, 0) is 17.7 Å². The highest BCUT2D eigenvalue weighted by Gasteiger charge is 1.97. The van der Waals surface area contributed by atoms with E-state index in [9.17, 15) is 4.79 Å². The normalized spacial score (nSPS) is 9.55. The molecule has 0 bridgehead atoms. The van der Waals surface area contributed by atoms with Gasteiger partial charge in [0.1, 0.15) is 0 Å². The number of hydrogen-bond donors (Lipinski definition) is 2. The van der Waals surface area contributed by atoms with Crippen LogP contribution in [0.5, 0.6) is 0 Å². The second-order valence-corrected chi connectivity index (χ2v) is 2.22. The minimum atomic E-state index is -0.450. The summed E-state index contributed by atoms with van der Waals surface area (Å²) in [6.45, 7) is -0.0148. The van der Waals surface area contributed by atoms with Gasteiger partial charge in [0.05, 0.1) is 6.61 Å². The molecule has 0 unspecified atom stereocenters. The third-order valence-electron chi connectivity index (χ3n) is 1.42. The van der Waals surface area contributed by atoms with Crippen LogP contribution in [0.4, 0.5) is 0 Å². The maximum absolute atomic E-state index is 10.6. The molecule has 11 heavy (non-hydrogen) atoms. The van der Waals surface area contributed by atoms with Crippen LogP contribution in [0, 0.1) is 0 Å². The summed E-state index contributed by atoms with van der Waals surface area (Å²) in [5.74, 6) is -0.450. The number of hydrogen-bond acceptors (Lipinski definition) is 2. The Kier molecular flexibility index (Phi) is 2.23. The van der Waals surface area contributed by atoms with Crippen molar-refractivity contribution in [3.8, 4) is 0 Å². The van der Waals surface area contributed by atoms with Crippen molar-refractivity contribution in [3.63, 3.8) is 0 Å². The molecule has 1 aromatic carbocycles. The Morgan fingerprint density at radius 2 is 1.91 bits per heavy atom. The van der Waals surface area contributed by atoms with Crippen LogP contribution in [0.25, 0.3) is 0 Å². The smallest absolute Gasteiger partial charge is 0.248 e. The van der Waals surface area contributed by atoms with E-state index in [-0.39, 0.29) is 6.61 Å². The van der Waals surface area contributed by atoms with Crippen LogP contribution >= 0.6 is 0 Å². The second-order valence-electron chi connectivity index (χ2n) is 2.22. The lowest BCUT2D eigenvalue weighted by atomic mass is 10.1. The molecule has 3 N–H and O–H groups in total. The van der Waals surface area contributed by atoms with E-state index in [1.165, 1.54) is 0 Å². The van der Waals surface area contributed by atoms with Crippen molar-refractivity contribution in [1.82, 2.24) is 0 Å². The highest BCUT2D eigenvalue weighted by atomic mass is 16.3. The van der Waals surface area contributed by atoms with Gasteiger partial charge in [0.15, 0.2) is 0 Å². The Morgan fingerprint density at radius 3 is 2.27 bits per heavy atom.